The number of aromatic nitrogens is 1. The maximum Gasteiger partial charge on any atom is 0.227 e. The molecule has 0 aliphatic carbocycles. The SMILES string of the molecule is O=C(Cc1ccc(O)cc1)N1Cc2ccccc2CC2(CCN(Cc3ccncc3)C2)C1. The number of amides is 1. The molecule has 1 amide bonds. The topological polar surface area (TPSA) is 56.7 Å². The van der Waals surface area contributed by atoms with Crippen LogP contribution in [-0.4, -0.2) is 45.4 Å². The number of hydrogen-bond donors (Lipinski definition) is 1. The van der Waals surface area contributed by atoms with Crippen LogP contribution in [0.3, 0.4) is 0 Å². The molecule has 2 aromatic carbocycles. The van der Waals surface area contributed by atoms with Crippen molar-refractivity contribution in [3.63, 3.8) is 0 Å². The molecule has 0 bridgehead atoms. The van der Waals surface area contributed by atoms with E-state index < -0.39 is 0 Å². The van der Waals surface area contributed by atoms with E-state index in [0.717, 1.165) is 44.6 Å². The van der Waals surface area contributed by atoms with Crippen LogP contribution in [0, 0.1) is 5.41 Å². The molecule has 32 heavy (non-hydrogen) atoms. The minimum absolute atomic E-state index is 0.0737. The lowest BCUT2D eigenvalue weighted by molar-refractivity contribution is -0.132. The van der Waals surface area contributed by atoms with Gasteiger partial charge in [-0.2, -0.15) is 0 Å². The molecule has 1 saturated heterocycles. The van der Waals surface area contributed by atoms with Crippen LogP contribution in [0.1, 0.15) is 28.7 Å². The maximum atomic E-state index is 13.4. The van der Waals surface area contributed by atoms with Crippen LogP contribution in [0.5, 0.6) is 5.75 Å². The van der Waals surface area contributed by atoms with E-state index in [-0.39, 0.29) is 17.1 Å². The molecule has 1 atom stereocenters. The second-order valence-corrected chi connectivity index (χ2v) is 9.35. The van der Waals surface area contributed by atoms with E-state index in [4.69, 9.17) is 0 Å². The van der Waals surface area contributed by atoms with Crippen LogP contribution in [0.2, 0.25) is 0 Å². The molecule has 164 valence electrons. The first-order valence-electron chi connectivity index (χ1n) is 11.3. The smallest absolute Gasteiger partial charge is 0.227 e. The van der Waals surface area contributed by atoms with Gasteiger partial charge in [0.2, 0.25) is 5.91 Å². The summed E-state index contributed by atoms with van der Waals surface area (Å²) < 4.78 is 0. The number of benzene rings is 2. The number of rotatable bonds is 4. The molecule has 5 rings (SSSR count). The minimum Gasteiger partial charge on any atom is -0.508 e. The highest BCUT2D eigenvalue weighted by atomic mass is 16.3. The lowest BCUT2D eigenvalue weighted by Crippen LogP contribution is -2.42. The van der Waals surface area contributed by atoms with Crippen LogP contribution in [0.4, 0.5) is 0 Å². The number of phenolic OH excluding ortho intramolecular Hbond substituents is 1. The Kier molecular flexibility index (Phi) is 5.66. The highest BCUT2D eigenvalue weighted by Gasteiger charge is 2.42. The fraction of sp³-hybridized carbons (Fsp3) is 0.333. The standard InChI is InChI=1S/C27H29N3O2/c31-25-7-5-21(6-8-25)15-26(32)30-18-24-4-2-1-3-23(24)16-27(20-30)11-14-29(19-27)17-22-9-12-28-13-10-22/h1-10,12-13,31H,11,14-20H2. The quantitative estimate of drug-likeness (QED) is 0.688. The summed E-state index contributed by atoms with van der Waals surface area (Å²) in [5.74, 6) is 0.378. The van der Waals surface area contributed by atoms with Crippen molar-refractivity contribution >= 4 is 5.91 Å². The molecule has 1 aromatic heterocycles. The number of hydrogen-bond acceptors (Lipinski definition) is 4. The van der Waals surface area contributed by atoms with Gasteiger partial charge in [0.05, 0.1) is 6.42 Å². The second kappa shape index (κ2) is 8.75. The zero-order valence-corrected chi connectivity index (χ0v) is 18.3. The van der Waals surface area contributed by atoms with Crippen molar-refractivity contribution in [3.05, 3.63) is 95.3 Å². The molecule has 3 aromatic rings. The summed E-state index contributed by atoms with van der Waals surface area (Å²) in [6.07, 6.45) is 6.17. The molecular formula is C27H29N3O2. The van der Waals surface area contributed by atoms with Crippen LogP contribution in [0.15, 0.2) is 73.1 Å². The Morgan fingerprint density at radius 1 is 0.938 bits per heavy atom. The zero-order valence-electron chi connectivity index (χ0n) is 18.3. The fourth-order valence-corrected chi connectivity index (χ4v) is 5.27. The summed E-state index contributed by atoms with van der Waals surface area (Å²) in [5, 5.41) is 9.55. The molecule has 1 spiro atoms. The minimum atomic E-state index is 0.0737. The molecule has 5 heteroatoms. The van der Waals surface area contributed by atoms with Crippen molar-refractivity contribution in [2.45, 2.75) is 32.4 Å². The molecule has 0 saturated carbocycles. The van der Waals surface area contributed by atoms with Crippen LogP contribution in [-0.2, 0) is 30.7 Å². The van der Waals surface area contributed by atoms with E-state index in [1.807, 2.05) is 24.5 Å². The van der Waals surface area contributed by atoms with Gasteiger partial charge in [-0.25, -0.2) is 0 Å². The molecule has 2 aliphatic rings. The Morgan fingerprint density at radius 2 is 1.69 bits per heavy atom. The van der Waals surface area contributed by atoms with E-state index in [9.17, 15) is 9.90 Å². The summed E-state index contributed by atoms with van der Waals surface area (Å²) in [5.41, 5.74) is 4.93. The Bertz CT molecular complexity index is 1080. The van der Waals surface area contributed by atoms with Gasteiger partial charge < -0.3 is 10.0 Å². The molecular weight excluding hydrogens is 398 g/mol. The maximum absolute atomic E-state index is 13.4. The Hall–Kier alpha value is -3.18. The van der Waals surface area contributed by atoms with Gasteiger partial charge in [-0.3, -0.25) is 14.7 Å². The van der Waals surface area contributed by atoms with Gasteiger partial charge in [0.15, 0.2) is 0 Å². The van der Waals surface area contributed by atoms with Crippen LogP contribution < -0.4 is 0 Å². The lowest BCUT2D eigenvalue weighted by atomic mass is 9.80. The van der Waals surface area contributed by atoms with Gasteiger partial charge in [-0.05, 0) is 65.9 Å². The van der Waals surface area contributed by atoms with Crippen LogP contribution in [0.25, 0.3) is 0 Å². The van der Waals surface area contributed by atoms with E-state index >= 15 is 0 Å². The van der Waals surface area contributed by atoms with Crippen molar-refractivity contribution < 1.29 is 9.90 Å². The second-order valence-electron chi connectivity index (χ2n) is 9.35. The third-order valence-corrected chi connectivity index (χ3v) is 6.89. The summed E-state index contributed by atoms with van der Waals surface area (Å²) in [7, 11) is 0. The lowest BCUT2D eigenvalue weighted by Gasteiger charge is -2.33. The number of nitrogens with zero attached hydrogens (tertiary/aromatic N) is 3. The van der Waals surface area contributed by atoms with Crippen molar-refractivity contribution in [1.29, 1.82) is 0 Å². The number of carbonyl (C=O) groups excluding carboxylic acids is 1. The first-order chi connectivity index (χ1) is 15.6. The highest BCUT2D eigenvalue weighted by molar-refractivity contribution is 5.79. The Balaban J connectivity index is 1.37. The first kappa shape index (κ1) is 20.7. The molecule has 3 heterocycles. The third kappa shape index (κ3) is 4.53. The number of carbonyl (C=O) groups is 1. The summed E-state index contributed by atoms with van der Waals surface area (Å²) in [6, 6.07) is 19.7. The van der Waals surface area contributed by atoms with Gasteiger partial charge in [0, 0.05) is 44.0 Å². The molecule has 5 nitrogen and oxygen atoms in total. The predicted molar refractivity (Wildman–Crippen MR) is 124 cm³/mol. The average molecular weight is 428 g/mol. The number of likely N-dealkylation sites (tertiary alicyclic amines) is 1. The normalized spacial score (nSPS) is 20.8. The van der Waals surface area contributed by atoms with Gasteiger partial charge in [-0.1, -0.05) is 36.4 Å². The largest absolute Gasteiger partial charge is 0.508 e. The van der Waals surface area contributed by atoms with Crippen molar-refractivity contribution in [3.8, 4) is 5.75 Å². The third-order valence-electron chi connectivity index (χ3n) is 6.89. The van der Waals surface area contributed by atoms with E-state index in [2.05, 4.69) is 51.2 Å². The van der Waals surface area contributed by atoms with E-state index in [1.165, 1.54) is 16.7 Å². The van der Waals surface area contributed by atoms with Gasteiger partial charge in [0.1, 0.15) is 5.75 Å². The monoisotopic (exact) mass is 427 g/mol. The average Bonchev–Trinajstić information content (AvgIpc) is 3.09. The number of pyridine rings is 1. The van der Waals surface area contributed by atoms with Gasteiger partial charge in [0.25, 0.3) is 0 Å². The van der Waals surface area contributed by atoms with Crippen molar-refractivity contribution in [2.24, 2.45) is 5.41 Å². The van der Waals surface area contributed by atoms with E-state index in [1.54, 1.807) is 12.1 Å². The van der Waals surface area contributed by atoms with Gasteiger partial charge in [-0.15, -0.1) is 0 Å². The van der Waals surface area contributed by atoms with E-state index in [0.29, 0.717) is 13.0 Å². The molecule has 0 radical (unpaired) electrons. The summed E-state index contributed by atoms with van der Waals surface area (Å²) in [4.78, 5) is 22.1. The predicted octanol–water partition coefficient (Wildman–Crippen LogP) is 3.81. The Labute approximate surface area is 189 Å². The zero-order chi connectivity index (χ0) is 22.0. The molecule has 2 aliphatic heterocycles. The van der Waals surface area contributed by atoms with Crippen molar-refractivity contribution in [1.82, 2.24) is 14.8 Å². The van der Waals surface area contributed by atoms with Crippen LogP contribution >= 0.6 is 0 Å². The summed E-state index contributed by atoms with van der Waals surface area (Å²) >= 11 is 0. The first-order valence-corrected chi connectivity index (χ1v) is 11.3. The Morgan fingerprint density at radius 3 is 2.47 bits per heavy atom. The number of fused-ring (bicyclic) bond motifs is 1. The summed E-state index contributed by atoms with van der Waals surface area (Å²) in [6.45, 7) is 4.41. The van der Waals surface area contributed by atoms with Gasteiger partial charge >= 0.3 is 0 Å². The van der Waals surface area contributed by atoms with Crippen molar-refractivity contribution in [2.75, 3.05) is 19.6 Å². The number of phenols is 1. The molecule has 1 fully saturated rings. The highest BCUT2D eigenvalue weighted by Crippen LogP contribution is 2.39. The fourth-order valence-electron chi connectivity index (χ4n) is 5.27. The molecule has 1 N–H and O–H groups in total. The molecule has 1 unspecified atom stereocenters. The number of aromatic hydroxyl groups is 1.